The zero-order chi connectivity index (χ0) is 46.9. The molecular formula is C58H63N7O3. The average Bonchev–Trinajstić information content (AvgIpc) is 3.83. The Hall–Kier alpha value is -6.75. The summed E-state index contributed by atoms with van der Waals surface area (Å²) in [5.74, 6) is 1.03. The van der Waals surface area contributed by atoms with Gasteiger partial charge in [-0.2, -0.15) is 0 Å². The number of ether oxygens (including phenoxy) is 1. The van der Waals surface area contributed by atoms with Gasteiger partial charge in [-0.05, 0) is 116 Å². The molecule has 10 heteroatoms. The lowest BCUT2D eigenvalue weighted by Crippen LogP contribution is -2.52. The maximum atomic E-state index is 14.6. The monoisotopic (exact) mass is 905 g/mol. The molecule has 68 heavy (non-hydrogen) atoms. The van der Waals surface area contributed by atoms with Crippen LogP contribution < -0.4 is 15.5 Å². The van der Waals surface area contributed by atoms with Crippen molar-refractivity contribution < 1.29 is 14.3 Å². The van der Waals surface area contributed by atoms with Crippen LogP contribution in [0.3, 0.4) is 0 Å². The van der Waals surface area contributed by atoms with E-state index in [-0.39, 0.29) is 24.3 Å². The highest BCUT2D eigenvalue weighted by atomic mass is 16.5. The lowest BCUT2D eigenvalue weighted by molar-refractivity contribution is -0.128. The number of carbonyl (C=O) groups excluding carboxylic acids is 2. The van der Waals surface area contributed by atoms with Crippen molar-refractivity contribution >= 4 is 17.5 Å². The predicted octanol–water partition coefficient (Wildman–Crippen LogP) is 10.3. The molecule has 1 fully saturated rings. The number of nitrogens with one attached hydrogen (secondary N) is 2. The molecule has 10 nitrogen and oxygen atoms in total. The normalized spacial score (nSPS) is 18.1. The second kappa shape index (κ2) is 21.0. The van der Waals surface area contributed by atoms with E-state index in [1.807, 2.05) is 74.2 Å². The smallest absolute Gasteiger partial charge is 0.249 e. The summed E-state index contributed by atoms with van der Waals surface area (Å²) >= 11 is 0. The van der Waals surface area contributed by atoms with Crippen LogP contribution in [-0.2, 0) is 32.9 Å². The van der Waals surface area contributed by atoms with Crippen LogP contribution in [0.2, 0.25) is 0 Å². The Bertz CT molecular complexity index is 2640. The minimum absolute atomic E-state index is 0.0313. The summed E-state index contributed by atoms with van der Waals surface area (Å²) in [4.78, 5) is 32.0. The number of aryl methyl sites for hydroxylation is 1. The molecule has 9 rings (SSSR count). The standard InChI is InChI=1S/C58H63N7O3/c1-42(68-41-44-20-8-4-9-21-44)39-59-57(2,3)38-54(66)60-52-37-36-46-22-16-19-31-53(46)64(56(52)67)40-43-32-34-45(35-33-43)50-29-17-18-30-51(50)55-61-63-65(62-55)58(47-23-10-5-11-24-47,48-25-12-6-13-26-48)49-27-14-7-15-28-49/h4-31,42-43,45,52,59H,32-41H2,1-3H3,(H,60,66)/t42-,43?,45?,52-/m1/s1. The zero-order valence-corrected chi connectivity index (χ0v) is 39.5. The quantitative estimate of drug-likeness (QED) is 0.0875. The zero-order valence-electron chi connectivity index (χ0n) is 39.5. The fourth-order valence-electron chi connectivity index (χ4n) is 10.4. The van der Waals surface area contributed by atoms with Crippen molar-refractivity contribution in [2.45, 2.75) is 101 Å². The molecule has 0 spiro atoms. The van der Waals surface area contributed by atoms with Crippen LogP contribution in [0.5, 0.6) is 0 Å². The molecule has 348 valence electrons. The van der Waals surface area contributed by atoms with Gasteiger partial charge in [-0.1, -0.05) is 164 Å². The Labute approximate surface area is 401 Å². The molecule has 2 aliphatic rings. The van der Waals surface area contributed by atoms with E-state index >= 15 is 0 Å². The number of nitrogens with zero attached hydrogens (tertiary/aromatic N) is 5. The van der Waals surface area contributed by atoms with Crippen LogP contribution in [-0.4, -0.2) is 62.8 Å². The van der Waals surface area contributed by atoms with Crippen molar-refractivity contribution in [3.05, 3.63) is 203 Å². The largest absolute Gasteiger partial charge is 0.373 e. The highest BCUT2D eigenvalue weighted by Crippen LogP contribution is 2.43. The first kappa shape index (κ1) is 46.4. The predicted molar refractivity (Wildman–Crippen MR) is 269 cm³/mol. The number of hydrogen-bond acceptors (Lipinski definition) is 7. The van der Waals surface area contributed by atoms with Gasteiger partial charge < -0.3 is 20.3 Å². The van der Waals surface area contributed by atoms with Gasteiger partial charge in [-0.25, -0.2) is 0 Å². The molecule has 0 radical (unpaired) electrons. The Kier molecular flexibility index (Phi) is 14.3. The average molecular weight is 906 g/mol. The third-order valence-electron chi connectivity index (χ3n) is 13.9. The molecule has 0 bridgehead atoms. The van der Waals surface area contributed by atoms with Crippen LogP contribution in [0.15, 0.2) is 170 Å². The number of rotatable bonds is 17. The summed E-state index contributed by atoms with van der Waals surface area (Å²) in [7, 11) is 0. The molecule has 2 atom stereocenters. The summed E-state index contributed by atoms with van der Waals surface area (Å²) in [5, 5.41) is 21.6. The van der Waals surface area contributed by atoms with Crippen LogP contribution in [0.1, 0.15) is 98.6 Å². The fourth-order valence-corrected chi connectivity index (χ4v) is 10.4. The van der Waals surface area contributed by atoms with E-state index in [2.05, 4.69) is 132 Å². The van der Waals surface area contributed by atoms with Crippen LogP contribution in [0.25, 0.3) is 11.4 Å². The van der Waals surface area contributed by atoms with Crippen molar-refractivity contribution in [1.29, 1.82) is 0 Å². The number of para-hydroxylation sites is 1. The van der Waals surface area contributed by atoms with E-state index < -0.39 is 17.1 Å². The first-order valence-corrected chi connectivity index (χ1v) is 24.3. The Balaban J connectivity index is 0.876. The highest BCUT2D eigenvalue weighted by Gasteiger charge is 2.42. The molecule has 1 aliphatic heterocycles. The van der Waals surface area contributed by atoms with Gasteiger partial charge in [0.05, 0.1) is 12.7 Å². The number of benzene rings is 6. The van der Waals surface area contributed by atoms with Gasteiger partial charge in [0.15, 0.2) is 5.54 Å². The number of fused-ring (bicyclic) bond motifs is 1. The van der Waals surface area contributed by atoms with Crippen molar-refractivity contribution in [3.8, 4) is 11.4 Å². The van der Waals surface area contributed by atoms with E-state index in [1.54, 1.807) is 4.80 Å². The summed E-state index contributed by atoms with van der Waals surface area (Å²) in [5.41, 5.74) is 7.20. The lowest BCUT2D eigenvalue weighted by atomic mass is 9.77. The SMILES string of the molecule is C[C@H](CNC(C)(C)CC(=O)N[C@@H]1CCc2ccccc2N(CC2CCC(c3ccccc3-c3nnn(C(c4ccccc4)(c4ccccc4)c4ccccc4)n3)CC2)C1=O)OCc1ccccc1. The van der Waals surface area contributed by atoms with E-state index in [9.17, 15) is 9.59 Å². The van der Waals surface area contributed by atoms with Crippen molar-refractivity contribution in [2.75, 3.05) is 18.0 Å². The first-order chi connectivity index (χ1) is 33.2. The van der Waals surface area contributed by atoms with Crippen molar-refractivity contribution in [2.24, 2.45) is 5.92 Å². The number of hydrogen-bond donors (Lipinski definition) is 2. The molecule has 1 aromatic heterocycles. The summed E-state index contributed by atoms with van der Waals surface area (Å²) in [6.45, 7) is 7.83. The van der Waals surface area contributed by atoms with E-state index in [4.69, 9.17) is 20.1 Å². The van der Waals surface area contributed by atoms with Crippen molar-refractivity contribution in [3.63, 3.8) is 0 Å². The van der Waals surface area contributed by atoms with Gasteiger partial charge in [0, 0.05) is 36.3 Å². The molecule has 2 N–H and O–H groups in total. The highest BCUT2D eigenvalue weighted by molar-refractivity contribution is 6.00. The van der Waals surface area contributed by atoms with Gasteiger partial charge in [0.1, 0.15) is 6.04 Å². The molecule has 0 saturated heterocycles. The van der Waals surface area contributed by atoms with Crippen LogP contribution in [0.4, 0.5) is 5.69 Å². The molecule has 1 saturated carbocycles. The number of amides is 2. The van der Waals surface area contributed by atoms with E-state index in [0.29, 0.717) is 50.2 Å². The lowest BCUT2D eigenvalue weighted by Gasteiger charge is -2.35. The third-order valence-corrected chi connectivity index (χ3v) is 13.9. The maximum absolute atomic E-state index is 14.6. The van der Waals surface area contributed by atoms with Crippen LogP contribution >= 0.6 is 0 Å². The summed E-state index contributed by atoms with van der Waals surface area (Å²) < 4.78 is 6.06. The second-order valence-electron chi connectivity index (χ2n) is 19.3. The minimum atomic E-state index is -0.863. The Morgan fingerprint density at radius 3 is 1.94 bits per heavy atom. The summed E-state index contributed by atoms with van der Waals surface area (Å²) in [6.07, 6.45) is 5.35. The molecule has 7 aromatic rings. The van der Waals surface area contributed by atoms with Gasteiger partial charge in [-0.15, -0.1) is 15.0 Å². The number of anilines is 1. The molecule has 2 amide bonds. The van der Waals surface area contributed by atoms with Crippen molar-refractivity contribution in [1.82, 2.24) is 30.8 Å². The molecule has 2 heterocycles. The second-order valence-corrected chi connectivity index (χ2v) is 19.3. The fraction of sp³-hybridized carbons (Fsp3) is 0.328. The van der Waals surface area contributed by atoms with Gasteiger partial charge >= 0.3 is 0 Å². The molecular weight excluding hydrogens is 843 g/mol. The first-order valence-electron chi connectivity index (χ1n) is 24.3. The van der Waals surface area contributed by atoms with Gasteiger partial charge in [0.25, 0.3) is 0 Å². The third kappa shape index (κ3) is 10.4. The van der Waals surface area contributed by atoms with Crippen LogP contribution in [0, 0.1) is 5.92 Å². The number of aromatic nitrogens is 4. The van der Waals surface area contributed by atoms with Gasteiger partial charge in [0.2, 0.25) is 17.6 Å². The molecule has 0 unspecified atom stereocenters. The number of carbonyl (C=O) groups is 2. The maximum Gasteiger partial charge on any atom is 0.249 e. The Morgan fingerprint density at radius 2 is 1.29 bits per heavy atom. The van der Waals surface area contributed by atoms with E-state index in [1.165, 1.54) is 5.56 Å². The molecule has 1 aliphatic carbocycles. The number of tetrazole rings is 1. The summed E-state index contributed by atoms with van der Waals surface area (Å²) in [6, 6.07) is 57.5. The Morgan fingerprint density at radius 1 is 0.721 bits per heavy atom. The minimum Gasteiger partial charge on any atom is -0.373 e. The molecule has 6 aromatic carbocycles. The topological polar surface area (TPSA) is 114 Å². The van der Waals surface area contributed by atoms with Gasteiger partial charge in [-0.3, -0.25) is 9.59 Å². The van der Waals surface area contributed by atoms with E-state index in [0.717, 1.165) is 64.8 Å².